The number of alkyl halides is 3. The number of esters is 1. The van der Waals surface area contributed by atoms with E-state index in [2.05, 4.69) is 10.3 Å². The molecule has 6 nitrogen and oxygen atoms in total. The first-order chi connectivity index (χ1) is 12.8. The lowest BCUT2D eigenvalue weighted by molar-refractivity contribution is -0.157. The molecular formula is C18H20F3N3O3. The number of hydrogen-bond donors (Lipinski definition) is 1. The van der Waals surface area contributed by atoms with E-state index >= 15 is 0 Å². The Hall–Kier alpha value is -2.58. The SMILES string of the molecule is C[C@@H](OC(=O)Cn1c(C(F)(F)F)nc2ccccc21)C(=O)NC1CCCC1. The van der Waals surface area contributed by atoms with Crippen LogP contribution in [0.5, 0.6) is 0 Å². The number of carbonyl (C=O) groups is 2. The normalized spacial score (nSPS) is 16.4. The van der Waals surface area contributed by atoms with Crippen LogP contribution in [0.4, 0.5) is 13.2 Å². The maximum atomic E-state index is 13.3. The van der Waals surface area contributed by atoms with Crippen LogP contribution in [0.2, 0.25) is 0 Å². The van der Waals surface area contributed by atoms with Gasteiger partial charge in [0.1, 0.15) is 6.54 Å². The number of aromatic nitrogens is 2. The number of ether oxygens (including phenoxy) is 1. The molecule has 146 valence electrons. The van der Waals surface area contributed by atoms with Gasteiger partial charge < -0.3 is 14.6 Å². The lowest BCUT2D eigenvalue weighted by Gasteiger charge is -2.18. The number of rotatable bonds is 5. The number of para-hydroxylation sites is 2. The molecule has 0 bridgehead atoms. The molecule has 1 saturated carbocycles. The van der Waals surface area contributed by atoms with Gasteiger partial charge in [-0.3, -0.25) is 9.59 Å². The molecule has 0 unspecified atom stereocenters. The van der Waals surface area contributed by atoms with Crippen LogP contribution in [-0.4, -0.2) is 33.6 Å². The Morgan fingerprint density at radius 2 is 1.96 bits per heavy atom. The molecule has 1 fully saturated rings. The first-order valence-corrected chi connectivity index (χ1v) is 8.78. The number of fused-ring (bicyclic) bond motifs is 1. The van der Waals surface area contributed by atoms with Crippen molar-refractivity contribution in [3.8, 4) is 0 Å². The van der Waals surface area contributed by atoms with E-state index in [-0.39, 0.29) is 17.1 Å². The van der Waals surface area contributed by atoms with Crippen molar-refractivity contribution in [3.05, 3.63) is 30.1 Å². The summed E-state index contributed by atoms with van der Waals surface area (Å²) in [5.41, 5.74) is 0.300. The molecule has 3 rings (SSSR count). The largest absolute Gasteiger partial charge is 0.451 e. The van der Waals surface area contributed by atoms with Crippen LogP contribution in [0.15, 0.2) is 24.3 Å². The molecule has 0 saturated heterocycles. The van der Waals surface area contributed by atoms with Crippen LogP contribution in [0, 0.1) is 0 Å². The van der Waals surface area contributed by atoms with Gasteiger partial charge in [0.15, 0.2) is 6.10 Å². The number of carbonyl (C=O) groups excluding carboxylic acids is 2. The molecule has 1 atom stereocenters. The van der Waals surface area contributed by atoms with Crippen molar-refractivity contribution >= 4 is 22.9 Å². The predicted octanol–water partition coefficient (Wildman–Crippen LogP) is 3.05. The van der Waals surface area contributed by atoms with E-state index in [0.29, 0.717) is 0 Å². The van der Waals surface area contributed by atoms with Gasteiger partial charge in [-0.1, -0.05) is 25.0 Å². The maximum Gasteiger partial charge on any atom is 0.449 e. The van der Waals surface area contributed by atoms with Gasteiger partial charge >= 0.3 is 12.1 Å². The number of hydrogen-bond acceptors (Lipinski definition) is 4. The molecule has 0 radical (unpaired) electrons. The predicted molar refractivity (Wildman–Crippen MR) is 90.7 cm³/mol. The fraction of sp³-hybridized carbons (Fsp3) is 0.500. The first kappa shape index (κ1) is 19.2. The van der Waals surface area contributed by atoms with Gasteiger partial charge in [-0.25, -0.2) is 4.98 Å². The second kappa shape index (κ2) is 7.58. The molecule has 1 heterocycles. The average Bonchev–Trinajstić information content (AvgIpc) is 3.22. The minimum atomic E-state index is -4.72. The maximum absolute atomic E-state index is 13.3. The van der Waals surface area contributed by atoms with E-state index in [0.717, 1.165) is 30.3 Å². The van der Waals surface area contributed by atoms with Gasteiger partial charge in [-0.2, -0.15) is 13.2 Å². The fourth-order valence-electron chi connectivity index (χ4n) is 3.26. The highest BCUT2D eigenvalue weighted by molar-refractivity contribution is 5.84. The Morgan fingerprint density at radius 3 is 2.63 bits per heavy atom. The van der Waals surface area contributed by atoms with Gasteiger partial charge in [0.25, 0.3) is 5.91 Å². The van der Waals surface area contributed by atoms with Crippen LogP contribution in [0.25, 0.3) is 11.0 Å². The summed E-state index contributed by atoms with van der Waals surface area (Å²) >= 11 is 0. The summed E-state index contributed by atoms with van der Waals surface area (Å²) in [7, 11) is 0. The molecule has 1 aromatic heterocycles. The van der Waals surface area contributed by atoms with E-state index in [4.69, 9.17) is 4.74 Å². The third-order valence-electron chi connectivity index (χ3n) is 4.57. The Morgan fingerprint density at radius 1 is 1.30 bits per heavy atom. The summed E-state index contributed by atoms with van der Waals surface area (Å²) in [5.74, 6) is -2.55. The zero-order valence-corrected chi connectivity index (χ0v) is 14.8. The van der Waals surface area contributed by atoms with Crippen LogP contribution in [0.1, 0.15) is 38.4 Å². The summed E-state index contributed by atoms with van der Waals surface area (Å²) in [6.45, 7) is 0.718. The van der Waals surface area contributed by atoms with E-state index in [9.17, 15) is 22.8 Å². The fourth-order valence-corrected chi connectivity index (χ4v) is 3.26. The molecule has 1 aliphatic carbocycles. The highest BCUT2D eigenvalue weighted by atomic mass is 19.4. The van der Waals surface area contributed by atoms with Crippen LogP contribution in [-0.2, 0) is 27.0 Å². The molecule has 0 spiro atoms. The zero-order chi connectivity index (χ0) is 19.6. The quantitative estimate of drug-likeness (QED) is 0.806. The Bertz CT molecular complexity index is 841. The smallest absolute Gasteiger partial charge is 0.449 e. The molecule has 1 aromatic carbocycles. The molecule has 0 aliphatic heterocycles. The molecule has 1 N–H and O–H groups in total. The van der Waals surface area contributed by atoms with Crippen molar-refractivity contribution in [3.63, 3.8) is 0 Å². The summed E-state index contributed by atoms with van der Waals surface area (Å²) < 4.78 is 45.6. The summed E-state index contributed by atoms with van der Waals surface area (Å²) in [6, 6.07) is 6.07. The number of nitrogens with zero attached hydrogens (tertiary/aromatic N) is 2. The summed E-state index contributed by atoms with van der Waals surface area (Å²) in [6.07, 6.45) is -1.97. The second-order valence-electron chi connectivity index (χ2n) is 6.63. The Labute approximate surface area is 153 Å². The van der Waals surface area contributed by atoms with Crippen molar-refractivity contribution in [2.24, 2.45) is 0 Å². The van der Waals surface area contributed by atoms with Gasteiger partial charge in [0.05, 0.1) is 11.0 Å². The molecule has 27 heavy (non-hydrogen) atoms. The van der Waals surface area contributed by atoms with Crippen LogP contribution >= 0.6 is 0 Å². The van der Waals surface area contributed by atoms with Gasteiger partial charge in [-0.15, -0.1) is 0 Å². The highest BCUT2D eigenvalue weighted by Crippen LogP contribution is 2.31. The molecule has 1 aliphatic rings. The third-order valence-corrected chi connectivity index (χ3v) is 4.57. The zero-order valence-electron chi connectivity index (χ0n) is 14.8. The minimum absolute atomic E-state index is 0.0630. The average molecular weight is 383 g/mol. The lowest BCUT2D eigenvalue weighted by Crippen LogP contribution is -2.41. The Kier molecular flexibility index (Phi) is 5.38. The van der Waals surface area contributed by atoms with E-state index in [1.807, 2.05) is 0 Å². The monoisotopic (exact) mass is 383 g/mol. The molecule has 9 heteroatoms. The number of amides is 1. The number of nitrogens with one attached hydrogen (secondary N) is 1. The highest BCUT2D eigenvalue weighted by Gasteiger charge is 2.38. The summed E-state index contributed by atoms with van der Waals surface area (Å²) in [4.78, 5) is 27.8. The topological polar surface area (TPSA) is 73.2 Å². The minimum Gasteiger partial charge on any atom is -0.451 e. The van der Waals surface area contributed by atoms with E-state index in [1.54, 1.807) is 12.1 Å². The number of imidazole rings is 1. The van der Waals surface area contributed by atoms with Gasteiger partial charge in [0.2, 0.25) is 5.82 Å². The van der Waals surface area contributed by atoms with Crippen molar-refractivity contribution in [2.75, 3.05) is 0 Å². The van der Waals surface area contributed by atoms with Crippen LogP contribution in [0.3, 0.4) is 0 Å². The van der Waals surface area contributed by atoms with Gasteiger partial charge in [-0.05, 0) is 31.9 Å². The molecule has 1 amide bonds. The third kappa shape index (κ3) is 4.40. The molecule has 2 aromatic rings. The van der Waals surface area contributed by atoms with Gasteiger partial charge in [0, 0.05) is 6.04 Å². The van der Waals surface area contributed by atoms with Crippen molar-refractivity contribution < 1.29 is 27.5 Å². The number of halogens is 3. The Balaban J connectivity index is 1.71. The van der Waals surface area contributed by atoms with Crippen molar-refractivity contribution in [2.45, 2.75) is 57.5 Å². The number of benzene rings is 1. The first-order valence-electron chi connectivity index (χ1n) is 8.78. The summed E-state index contributed by atoms with van der Waals surface area (Å²) in [5, 5.41) is 2.79. The van der Waals surface area contributed by atoms with Crippen molar-refractivity contribution in [1.29, 1.82) is 0 Å². The lowest BCUT2D eigenvalue weighted by atomic mass is 10.2. The van der Waals surface area contributed by atoms with Crippen molar-refractivity contribution in [1.82, 2.24) is 14.9 Å². The van der Waals surface area contributed by atoms with E-state index in [1.165, 1.54) is 19.1 Å². The van der Waals surface area contributed by atoms with E-state index < -0.39 is 36.5 Å². The standard InChI is InChI=1S/C18H20F3N3O3/c1-11(16(26)22-12-6-2-3-7-12)27-15(25)10-24-14-9-5-4-8-13(14)23-17(24)18(19,20)21/h4-5,8-9,11-12H,2-3,6-7,10H2,1H3,(H,22,26)/t11-/m1/s1. The van der Waals surface area contributed by atoms with Crippen LogP contribution < -0.4 is 5.32 Å². The molecular weight excluding hydrogens is 363 g/mol. The second-order valence-corrected chi connectivity index (χ2v) is 6.63.